The summed E-state index contributed by atoms with van der Waals surface area (Å²) >= 11 is 0. The predicted octanol–water partition coefficient (Wildman–Crippen LogP) is 2.05. The van der Waals surface area contributed by atoms with Crippen molar-refractivity contribution in [2.75, 3.05) is 0 Å². The van der Waals surface area contributed by atoms with Crippen molar-refractivity contribution < 1.29 is 28.9 Å². The molecule has 0 heterocycles. The Kier molecular flexibility index (Phi) is 5.46. The SMILES string of the molecule is C=CC(=O)OOC(=O)c1ccccc1C(=O)OC(C)C. The van der Waals surface area contributed by atoms with Crippen molar-refractivity contribution >= 4 is 17.9 Å². The first-order chi connectivity index (χ1) is 9.45. The van der Waals surface area contributed by atoms with Gasteiger partial charge in [-0.3, -0.25) is 0 Å². The summed E-state index contributed by atoms with van der Waals surface area (Å²) in [7, 11) is 0. The van der Waals surface area contributed by atoms with Gasteiger partial charge in [-0.05, 0) is 26.0 Å². The number of carbonyl (C=O) groups excluding carboxylic acids is 3. The van der Waals surface area contributed by atoms with Gasteiger partial charge in [0.1, 0.15) is 0 Å². The lowest BCUT2D eigenvalue weighted by atomic mass is 10.1. The summed E-state index contributed by atoms with van der Waals surface area (Å²) in [5, 5.41) is 0. The van der Waals surface area contributed by atoms with Crippen LogP contribution >= 0.6 is 0 Å². The highest BCUT2D eigenvalue weighted by Gasteiger charge is 2.21. The number of rotatable bonds is 4. The summed E-state index contributed by atoms with van der Waals surface area (Å²) in [6.45, 7) is 6.52. The molecule has 6 nitrogen and oxygen atoms in total. The summed E-state index contributed by atoms with van der Waals surface area (Å²) in [6, 6.07) is 5.89. The Morgan fingerprint density at radius 1 is 1.05 bits per heavy atom. The maximum absolute atomic E-state index is 11.8. The minimum absolute atomic E-state index is 0.0286. The summed E-state index contributed by atoms with van der Waals surface area (Å²) in [4.78, 5) is 42.8. The molecule has 0 radical (unpaired) electrons. The molecule has 0 bridgehead atoms. The lowest BCUT2D eigenvalue weighted by Gasteiger charge is -2.10. The Bertz CT molecular complexity index is 532. The van der Waals surface area contributed by atoms with Crippen molar-refractivity contribution in [2.45, 2.75) is 20.0 Å². The first kappa shape index (κ1) is 15.4. The Balaban J connectivity index is 2.89. The van der Waals surface area contributed by atoms with E-state index in [2.05, 4.69) is 16.4 Å². The Morgan fingerprint density at radius 3 is 2.10 bits per heavy atom. The van der Waals surface area contributed by atoms with Gasteiger partial charge >= 0.3 is 17.9 Å². The molecule has 0 saturated carbocycles. The highest BCUT2D eigenvalue weighted by Crippen LogP contribution is 2.13. The topological polar surface area (TPSA) is 78.9 Å². The molecule has 0 saturated heterocycles. The quantitative estimate of drug-likeness (QED) is 0.363. The molecule has 0 fully saturated rings. The van der Waals surface area contributed by atoms with E-state index in [1.54, 1.807) is 19.9 Å². The second kappa shape index (κ2) is 7.08. The minimum Gasteiger partial charge on any atom is -0.459 e. The average molecular weight is 278 g/mol. The molecule has 0 aliphatic carbocycles. The zero-order chi connectivity index (χ0) is 15.1. The lowest BCUT2D eigenvalue weighted by Crippen LogP contribution is -2.17. The van der Waals surface area contributed by atoms with Gasteiger partial charge in [0.25, 0.3) is 0 Å². The van der Waals surface area contributed by atoms with E-state index in [1.807, 2.05) is 0 Å². The number of ether oxygens (including phenoxy) is 1. The Hall–Kier alpha value is -2.63. The third-order valence-electron chi connectivity index (χ3n) is 2.08. The third kappa shape index (κ3) is 4.24. The van der Waals surface area contributed by atoms with Crippen LogP contribution in [0.4, 0.5) is 0 Å². The van der Waals surface area contributed by atoms with Crippen LogP contribution in [-0.2, 0) is 19.3 Å². The summed E-state index contributed by atoms with van der Waals surface area (Å²) < 4.78 is 5.00. The van der Waals surface area contributed by atoms with Gasteiger partial charge < -0.3 is 4.74 Å². The van der Waals surface area contributed by atoms with Crippen molar-refractivity contribution in [2.24, 2.45) is 0 Å². The zero-order valence-corrected chi connectivity index (χ0v) is 11.1. The number of hydrogen-bond acceptors (Lipinski definition) is 6. The summed E-state index contributed by atoms with van der Waals surface area (Å²) in [5.41, 5.74) is -0.0316. The molecule has 1 rings (SSSR count). The molecule has 20 heavy (non-hydrogen) atoms. The van der Waals surface area contributed by atoms with E-state index in [-0.39, 0.29) is 17.2 Å². The molecular formula is C14H14O6. The predicted molar refractivity (Wildman–Crippen MR) is 68.7 cm³/mol. The largest absolute Gasteiger partial charge is 0.459 e. The van der Waals surface area contributed by atoms with Crippen LogP contribution in [0.25, 0.3) is 0 Å². The van der Waals surface area contributed by atoms with E-state index in [4.69, 9.17) is 4.74 Å². The normalized spacial score (nSPS) is 9.75. The molecular weight excluding hydrogens is 264 g/mol. The van der Waals surface area contributed by atoms with Crippen LogP contribution < -0.4 is 0 Å². The van der Waals surface area contributed by atoms with E-state index in [1.165, 1.54) is 18.2 Å². The molecule has 0 aromatic heterocycles. The van der Waals surface area contributed by atoms with E-state index >= 15 is 0 Å². The standard InChI is InChI=1S/C14H14O6/c1-4-12(15)19-20-14(17)11-8-6-5-7-10(11)13(16)18-9(2)3/h4-9H,1H2,2-3H3. The monoisotopic (exact) mass is 278 g/mol. The average Bonchev–Trinajstić information content (AvgIpc) is 2.43. The van der Waals surface area contributed by atoms with E-state index < -0.39 is 17.9 Å². The van der Waals surface area contributed by atoms with Crippen LogP contribution in [0.1, 0.15) is 34.6 Å². The number of benzene rings is 1. The van der Waals surface area contributed by atoms with Crippen LogP contribution in [0, 0.1) is 0 Å². The summed E-state index contributed by atoms with van der Waals surface area (Å²) in [6.07, 6.45) is 0.511. The van der Waals surface area contributed by atoms with Gasteiger partial charge in [-0.2, -0.15) is 0 Å². The lowest BCUT2D eigenvalue weighted by molar-refractivity contribution is -0.228. The van der Waals surface area contributed by atoms with Crippen molar-refractivity contribution in [3.05, 3.63) is 48.0 Å². The second-order valence-electron chi connectivity index (χ2n) is 3.98. The molecule has 6 heteroatoms. The molecule has 0 spiro atoms. The van der Waals surface area contributed by atoms with Gasteiger partial charge in [-0.25, -0.2) is 24.2 Å². The molecule has 0 aliphatic rings. The van der Waals surface area contributed by atoms with Crippen molar-refractivity contribution in [1.82, 2.24) is 0 Å². The van der Waals surface area contributed by atoms with E-state index in [0.717, 1.165) is 6.08 Å². The van der Waals surface area contributed by atoms with Gasteiger partial charge in [0.05, 0.1) is 17.2 Å². The first-order valence-corrected chi connectivity index (χ1v) is 5.81. The fraction of sp³-hybridized carbons (Fsp3) is 0.214. The molecule has 1 aromatic carbocycles. The summed E-state index contributed by atoms with van der Waals surface area (Å²) in [5.74, 6) is -2.56. The van der Waals surface area contributed by atoms with Crippen LogP contribution in [0.3, 0.4) is 0 Å². The van der Waals surface area contributed by atoms with Gasteiger partial charge in [-0.1, -0.05) is 18.7 Å². The molecule has 0 unspecified atom stereocenters. The molecule has 1 aromatic rings. The fourth-order valence-electron chi connectivity index (χ4n) is 1.27. The minimum atomic E-state index is -0.975. The maximum atomic E-state index is 11.8. The first-order valence-electron chi connectivity index (χ1n) is 5.81. The number of hydrogen-bond donors (Lipinski definition) is 0. The van der Waals surface area contributed by atoms with E-state index in [9.17, 15) is 14.4 Å². The molecule has 0 aliphatic heterocycles. The van der Waals surface area contributed by atoms with Crippen LogP contribution in [-0.4, -0.2) is 24.0 Å². The second-order valence-corrected chi connectivity index (χ2v) is 3.98. The van der Waals surface area contributed by atoms with Crippen LogP contribution in [0.2, 0.25) is 0 Å². The third-order valence-corrected chi connectivity index (χ3v) is 2.08. The molecule has 0 N–H and O–H groups in total. The van der Waals surface area contributed by atoms with Crippen molar-refractivity contribution in [1.29, 1.82) is 0 Å². The molecule has 106 valence electrons. The van der Waals surface area contributed by atoms with E-state index in [0.29, 0.717) is 0 Å². The number of esters is 1. The molecule has 0 atom stereocenters. The smallest absolute Gasteiger partial charge is 0.387 e. The maximum Gasteiger partial charge on any atom is 0.387 e. The van der Waals surface area contributed by atoms with Gasteiger partial charge in [0.2, 0.25) is 0 Å². The number of carbonyl (C=O) groups is 3. The van der Waals surface area contributed by atoms with Gasteiger partial charge in [0.15, 0.2) is 0 Å². The highest BCUT2D eigenvalue weighted by molar-refractivity contribution is 6.03. The highest BCUT2D eigenvalue weighted by atomic mass is 17.2. The van der Waals surface area contributed by atoms with Crippen LogP contribution in [0.15, 0.2) is 36.9 Å². The Labute approximate surface area is 115 Å². The molecule has 0 amide bonds. The van der Waals surface area contributed by atoms with Crippen molar-refractivity contribution in [3.8, 4) is 0 Å². The zero-order valence-electron chi connectivity index (χ0n) is 11.1. The van der Waals surface area contributed by atoms with Crippen LogP contribution in [0.5, 0.6) is 0 Å². The fourth-order valence-corrected chi connectivity index (χ4v) is 1.27. The van der Waals surface area contributed by atoms with Gasteiger partial charge in [0, 0.05) is 6.08 Å². The Morgan fingerprint density at radius 2 is 1.60 bits per heavy atom. The van der Waals surface area contributed by atoms with Gasteiger partial charge in [-0.15, -0.1) is 0 Å². The van der Waals surface area contributed by atoms with Crippen molar-refractivity contribution in [3.63, 3.8) is 0 Å².